The zero-order valence-electron chi connectivity index (χ0n) is 11.0. The van der Waals surface area contributed by atoms with Crippen LogP contribution in [0, 0.1) is 0 Å². The lowest BCUT2D eigenvalue weighted by Gasteiger charge is -2.08. The highest BCUT2D eigenvalue weighted by atomic mass is 16.5. The molecule has 1 aromatic carbocycles. The SMILES string of the molecule is COCCNc1cc(NCc2ccccc2)ncn1. The Labute approximate surface area is 113 Å². The first-order valence-electron chi connectivity index (χ1n) is 6.21. The fourth-order valence-electron chi connectivity index (χ4n) is 1.62. The molecule has 1 heterocycles. The third-order valence-electron chi connectivity index (χ3n) is 2.60. The van der Waals surface area contributed by atoms with E-state index < -0.39 is 0 Å². The van der Waals surface area contributed by atoms with Gasteiger partial charge in [0.2, 0.25) is 0 Å². The lowest BCUT2D eigenvalue weighted by atomic mass is 10.2. The van der Waals surface area contributed by atoms with Crippen LogP contribution in [0.2, 0.25) is 0 Å². The fourth-order valence-corrected chi connectivity index (χ4v) is 1.62. The zero-order chi connectivity index (χ0) is 13.3. The molecule has 5 nitrogen and oxygen atoms in total. The molecule has 19 heavy (non-hydrogen) atoms. The Bertz CT molecular complexity index is 490. The molecule has 1 aromatic heterocycles. The minimum Gasteiger partial charge on any atom is -0.383 e. The summed E-state index contributed by atoms with van der Waals surface area (Å²) in [6.07, 6.45) is 1.54. The second kappa shape index (κ2) is 7.33. The van der Waals surface area contributed by atoms with Gasteiger partial charge in [-0.1, -0.05) is 30.3 Å². The number of hydrogen-bond donors (Lipinski definition) is 2. The van der Waals surface area contributed by atoms with Gasteiger partial charge in [0.05, 0.1) is 6.61 Å². The lowest BCUT2D eigenvalue weighted by molar-refractivity contribution is 0.210. The maximum absolute atomic E-state index is 4.98. The molecule has 2 N–H and O–H groups in total. The second-order valence-electron chi connectivity index (χ2n) is 4.05. The molecular weight excluding hydrogens is 240 g/mol. The minimum absolute atomic E-state index is 0.650. The van der Waals surface area contributed by atoms with Gasteiger partial charge in [0.1, 0.15) is 18.0 Å². The van der Waals surface area contributed by atoms with E-state index in [1.807, 2.05) is 24.3 Å². The van der Waals surface area contributed by atoms with Gasteiger partial charge in [-0.15, -0.1) is 0 Å². The van der Waals surface area contributed by atoms with Crippen molar-refractivity contribution >= 4 is 11.6 Å². The van der Waals surface area contributed by atoms with Crippen LogP contribution in [-0.2, 0) is 11.3 Å². The highest BCUT2D eigenvalue weighted by molar-refractivity contribution is 5.46. The molecule has 0 atom stereocenters. The molecule has 0 amide bonds. The highest BCUT2D eigenvalue weighted by Gasteiger charge is 1.98. The van der Waals surface area contributed by atoms with Gasteiger partial charge < -0.3 is 15.4 Å². The Morgan fingerprint density at radius 2 is 1.79 bits per heavy atom. The van der Waals surface area contributed by atoms with Crippen LogP contribution in [-0.4, -0.2) is 30.2 Å². The molecular formula is C14H18N4O. The van der Waals surface area contributed by atoms with Crippen molar-refractivity contribution in [3.8, 4) is 0 Å². The van der Waals surface area contributed by atoms with E-state index in [0.29, 0.717) is 6.61 Å². The Hall–Kier alpha value is -2.14. The van der Waals surface area contributed by atoms with E-state index in [9.17, 15) is 0 Å². The van der Waals surface area contributed by atoms with Gasteiger partial charge >= 0.3 is 0 Å². The number of nitrogens with one attached hydrogen (secondary N) is 2. The third kappa shape index (κ3) is 4.56. The molecule has 5 heteroatoms. The number of ether oxygens (including phenoxy) is 1. The van der Waals surface area contributed by atoms with Crippen molar-refractivity contribution in [1.82, 2.24) is 9.97 Å². The number of anilines is 2. The molecule has 0 bridgehead atoms. The first kappa shape index (κ1) is 13.3. The Morgan fingerprint density at radius 1 is 1.05 bits per heavy atom. The van der Waals surface area contributed by atoms with E-state index in [-0.39, 0.29) is 0 Å². The summed E-state index contributed by atoms with van der Waals surface area (Å²) in [5, 5.41) is 6.44. The molecule has 0 unspecified atom stereocenters. The Balaban J connectivity index is 1.88. The number of rotatable bonds is 7. The summed E-state index contributed by atoms with van der Waals surface area (Å²) < 4.78 is 4.98. The topological polar surface area (TPSA) is 59.1 Å². The number of methoxy groups -OCH3 is 1. The van der Waals surface area contributed by atoms with Crippen molar-refractivity contribution < 1.29 is 4.74 Å². The minimum atomic E-state index is 0.650. The zero-order valence-corrected chi connectivity index (χ0v) is 11.0. The van der Waals surface area contributed by atoms with Gasteiger partial charge in [0.15, 0.2) is 0 Å². The number of hydrogen-bond acceptors (Lipinski definition) is 5. The molecule has 2 aromatic rings. The van der Waals surface area contributed by atoms with Crippen LogP contribution in [0.25, 0.3) is 0 Å². The van der Waals surface area contributed by atoms with Crippen molar-refractivity contribution in [3.63, 3.8) is 0 Å². The van der Waals surface area contributed by atoms with Crippen molar-refractivity contribution in [3.05, 3.63) is 48.3 Å². The monoisotopic (exact) mass is 258 g/mol. The summed E-state index contributed by atoms with van der Waals surface area (Å²) in [5.41, 5.74) is 1.22. The predicted octanol–water partition coefficient (Wildman–Crippen LogP) is 2.15. The van der Waals surface area contributed by atoms with Crippen molar-refractivity contribution in [2.24, 2.45) is 0 Å². The molecule has 0 radical (unpaired) electrons. The molecule has 0 fully saturated rings. The van der Waals surface area contributed by atoms with Gasteiger partial charge in [-0.2, -0.15) is 0 Å². The molecule has 0 spiro atoms. The van der Waals surface area contributed by atoms with Gasteiger partial charge in [0, 0.05) is 26.3 Å². The van der Waals surface area contributed by atoms with Crippen LogP contribution in [0.15, 0.2) is 42.7 Å². The molecule has 2 rings (SSSR count). The molecule has 0 saturated carbocycles. The Kier molecular flexibility index (Phi) is 5.13. The summed E-state index contributed by atoms with van der Waals surface area (Å²) in [6, 6.07) is 12.1. The van der Waals surface area contributed by atoms with Crippen LogP contribution in [0.1, 0.15) is 5.56 Å². The van der Waals surface area contributed by atoms with Crippen LogP contribution in [0.3, 0.4) is 0 Å². The largest absolute Gasteiger partial charge is 0.383 e. The summed E-state index contributed by atoms with van der Waals surface area (Å²) in [4.78, 5) is 8.34. The molecule has 0 saturated heterocycles. The average Bonchev–Trinajstić information content (AvgIpc) is 2.47. The summed E-state index contributed by atoms with van der Waals surface area (Å²) in [6.45, 7) is 2.12. The normalized spacial score (nSPS) is 10.2. The van der Waals surface area contributed by atoms with Gasteiger partial charge in [-0.3, -0.25) is 0 Å². The molecule has 0 aliphatic carbocycles. The van der Waals surface area contributed by atoms with Crippen LogP contribution in [0.4, 0.5) is 11.6 Å². The van der Waals surface area contributed by atoms with Gasteiger partial charge in [0.25, 0.3) is 0 Å². The summed E-state index contributed by atoms with van der Waals surface area (Å²) >= 11 is 0. The Morgan fingerprint density at radius 3 is 2.53 bits per heavy atom. The highest BCUT2D eigenvalue weighted by Crippen LogP contribution is 2.10. The maximum atomic E-state index is 4.98. The first-order chi connectivity index (χ1) is 9.38. The predicted molar refractivity (Wildman–Crippen MR) is 76.2 cm³/mol. The van der Waals surface area contributed by atoms with Crippen LogP contribution >= 0.6 is 0 Å². The van der Waals surface area contributed by atoms with Crippen molar-refractivity contribution in [1.29, 1.82) is 0 Å². The standard InChI is InChI=1S/C14H18N4O/c1-19-8-7-15-13-9-14(18-11-17-13)16-10-12-5-3-2-4-6-12/h2-6,9,11H,7-8,10H2,1H3,(H2,15,16,17,18). The number of aromatic nitrogens is 2. The molecule has 100 valence electrons. The summed E-state index contributed by atoms with van der Waals surface area (Å²) in [7, 11) is 1.68. The second-order valence-corrected chi connectivity index (χ2v) is 4.05. The fraction of sp³-hybridized carbons (Fsp3) is 0.286. The molecule has 0 aliphatic rings. The van der Waals surface area contributed by atoms with E-state index in [1.54, 1.807) is 13.4 Å². The van der Waals surface area contributed by atoms with Crippen LogP contribution in [0.5, 0.6) is 0 Å². The number of benzene rings is 1. The van der Waals surface area contributed by atoms with E-state index in [4.69, 9.17) is 4.74 Å². The first-order valence-corrected chi connectivity index (χ1v) is 6.21. The lowest BCUT2D eigenvalue weighted by Crippen LogP contribution is -2.09. The van der Waals surface area contributed by atoms with Gasteiger partial charge in [-0.05, 0) is 5.56 Å². The third-order valence-corrected chi connectivity index (χ3v) is 2.60. The van der Waals surface area contributed by atoms with Crippen LogP contribution < -0.4 is 10.6 Å². The quantitative estimate of drug-likeness (QED) is 0.745. The van der Waals surface area contributed by atoms with E-state index >= 15 is 0 Å². The number of nitrogens with zero attached hydrogens (tertiary/aromatic N) is 2. The van der Waals surface area contributed by atoms with E-state index in [2.05, 4.69) is 32.7 Å². The average molecular weight is 258 g/mol. The van der Waals surface area contributed by atoms with Crippen molar-refractivity contribution in [2.75, 3.05) is 30.9 Å². The van der Waals surface area contributed by atoms with Gasteiger partial charge in [-0.25, -0.2) is 9.97 Å². The molecule has 0 aliphatic heterocycles. The van der Waals surface area contributed by atoms with E-state index in [1.165, 1.54) is 5.56 Å². The summed E-state index contributed by atoms with van der Waals surface area (Å²) in [5.74, 6) is 1.60. The maximum Gasteiger partial charge on any atom is 0.131 e. The van der Waals surface area contributed by atoms with Crippen molar-refractivity contribution in [2.45, 2.75) is 6.54 Å². The van der Waals surface area contributed by atoms with E-state index in [0.717, 1.165) is 24.7 Å². The smallest absolute Gasteiger partial charge is 0.131 e.